The van der Waals surface area contributed by atoms with E-state index in [0.29, 0.717) is 31.8 Å². The number of amides is 1. The van der Waals surface area contributed by atoms with E-state index in [1.807, 2.05) is 0 Å². The summed E-state index contributed by atoms with van der Waals surface area (Å²) in [4.78, 5) is 12.1. The van der Waals surface area contributed by atoms with Crippen molar-refractivity contribution in [1.29, 1.82) is 0 Å². The molecule has 1 aliphatic carbocycles. The zero-order chi connectivity index (χ0) is 25.0. The van der Waals surface area contributed by atoms with Crippen LogP contribution in [0.25, 0.3) is 0 Å². The number of nitrogens with one attached hydrogen (secondary N) is 1. The predicted octanol–water partition coefficient (Wildman–Crippen LogP) is 3.74. The van der Waals surface area contributed by atoms with Crippen molar-refractivity contribution >= 4 is 17.5 Å². The summed E-state index contributed by atoms with van der Waals surface area (Å²) in [5.41, 5.74) is 2.74. The molecule has 1 aromatic heterocycles. The molecule has 2 aliphatic rings. The number of carbonyl (C=O) groups is 1. The van der Waals surface area contributed by atoms with E-state index in [1.165, 1.54) is 12.1 Å². The number of hydrazine groups is 1. The van der Waals surface area contributed by atoms with Crippen LogP contribution in [0.2, 0.25) is 5.02 Å². The lowest BCUT2D eigenvalue weighted by Gasteiger charge is -2.34. The third-order valence-electron chi connectivity index (χ3n) is 5.66. The summed E-state index contributed by atoms with van der Waals surface area (Å²) >= 11 is 5.62. The van der Waals surface area contributed by atoms with E-state index in [0.717, 1.165) is 6.07 Å². The second kappa shape index (κ2) is 11.1. The fraction of sp³-hybridized carbons (Fsp3) is 0.571. The van der Waals surface area contributed by atoms with Gasteiger partial charge >= 0.3 is 6.36 Å². The number of rotatable bonds is 9. The van der Waals surface area contributed by atoms with Crippen LogP contribution in [0.5, 0.6) is 5.75 Å². The van der Waals surface area contributed by atoms with Gasteiger partial charge in [-0.05, 0) is 25.0 Å². The van der Waals surface area contributed by atoms with Gasteiger partial charge in [0.05, 0.1) is 17.2 Å². The molecule has 4 rings (SSSR count). The number of aromatic nitrogens is 2. The molecule has 1 N–H and O–H groups in total. The van der Waals surface area contributed by atoms with Crippen LogP contribution in [0.3, 0.4) is 0 Å². The second-order valence-corrected chi connectivity index (χ2v) is 8.69. The van der Waals surface area contributed by atoms with Gasteiger partial charge in [-0.2, -0.15) is 0 Å². The van der Waals surface area contributed by atoms with Crippen LogP contribution in [-0.4, -0.2) is 59.4 Å². The maximum absolute atomic E-state index is 13.4. The molecule has 1 saturated carbocycles. The first-order chi connectivity index (χ1) is 16.6. The zero-order valence-electron chi connectivity index (χ0n) is 18.4. The summed E-state index contributed by atoms with van der Waals surface area (Å²) in [6, 6.07) is 3.93. The molecule has 0 radical (unpaired) electrons. The Bertz CT molecular complexity index is 1010. The quantitative estimate of drug-likeness (QED) is 0.497. The highest BCUT2D eigenvalue weighted by Crippen LogP contribution is 2.33. The Kier molecular flexibility index (Phi) is 8.09. The Morgan fingerprint density at radius 3 is 2.63 bits per heavy atom. The minimum Gasteiger partial charge on any atom is -0.484 e. The standard InChI is InChI=1S/C21H23ClF4N4O5/c22-16-2-1-13(9-17(16)23)32-10-18(31)29-30-5-3-12(4-6-30)20-28-27-19(34-20)11-33-14-7-15(8-14)35-21(24,25)26/h1-2,9,12,14-15H,3-8,10-11H2,(H,29,31). The number of hydrogen-bond acceptors (Lipinski definition) is 8. The summed E-state index contributed by atoms with van der Waals surface area (Å²) in [5, 5.41) is 9.72. The van der Waals surface area contributed by atoms with E-state index < -0.39 is 18.3 Å². The van der Waals surface area contributed by atoms with Gasteiger partial charge in [-0.1, -0.05) is 11.6 Å². The number of nitrogens with zero attached hydrogens (tertiary/aromatic N) is 3. The molecule has 0 unspecified atom stereocenters. The van der Waals surface area contributed by atoms with Gasteiger partial charge in [0.25, 0.3) is 5.91 Å². The molecule has 192 valence electrons. The third kappa shape index (κ3) is 7.50. The molecule has 2 fully saturated rings. The Labute approximate surface area is 202 Å². The number of hydrogen-bond donors (Lipinski definition) is 1. The molecular formula is C21H23ClF4N4O5. The Morgan fingerprint density at radius 1 is 1.20 bits per heavy atom. The summed E-state index contributed by atoms with van der Waals surface area (Å²) < 4.78 is 70.2. The van der Waals surface area contributed by atoms with Crippen molar-refractivity contribution in [3.05, 3.63) is 40.8 Å². The Morgan fingerprint density at radius 2 is 1.94 bits per heavy atom. The average molecular weight is 523 g/mol. The summed E-state index contributed by atoms with van der Waals surface area (Å²) in [5.74, 6) is -0.0968. The minimum absolute atomic E-state index is 0.00552. The first-order valence-corrected chi connectivity index (χ1v) is 11.3. The summed E-state index contributed by atoms with van der Waals surface area (Å²) in [6.45, 7) is 0.826. The molecule has 0 bridgehead atoms. The van der Waals surface area contributed by atoms with Gasteiger partial charge in [-0.15, -0.1) is 23.4 Å². The highest BCUT2D eigenvalue weighted by Gasteiger charge is 2.40. The van der Waals surface area contributed by atoms with Crippen LogP contribution in [0.15, 0.2) is 22.6 Å². The molecule has 9 nitrogen and oxygen atoms in total. The largest absolute Gasteiger partial charge is 0.522 e. The fourth-order valence-corrected chi connectivity index (χ4v) is 3.90. The molecule has 1 aromatic carbocycles. The molecule has 14 heteroatoms. The van der Waals surface area contributed by atoms with Crippen molar-refractivity contribution in [2.75, 3.05) is 19.7 Å². The van der Waals surface area contributed by atoms with Crippen molar-refractivity contribution in [2.24, 2.45) is 0 Å². The van der Waals surface area contributed by atoms with Crippen LogP contribution < -0.4 is 10.2 Å². The number of carbonyl (C=O) groups excluding carboxylic acids is 1. The van der Waals surface area contributed by atoms with Crippen molar-refractivity contribution < 1.29 is 41.0 Å². The summed E-state index contributed by atoms with van der Waals surface area (Å²) in [6.07, 6.45) is -4.22. The van der Waals surface area contributed by atoms with E-state index >= 15 is 0 Å². The van der Waals surface area contributed by atoms with E-state index in [2.05, 4.69) is 20.4 Å². The van der Waals surface area contributed by atoms with E-state index in [-0.39, 0.29) is 60.6 Å². The van der Waals surface area contributed by atoms with Crippen LogP contribution in [0.1, 0.15) is 43.4 Å². The molecule has 2 aromatic rings. The number of alkyl halides is 3. The third-order valence-corrected chi connectivity index (χ3v) is 5.97. The normalized spacial score (nSPS) is 21.5. The van der Waals surface area contributed by atoms with Gasteiger partial charge in [-0.3, -0.25) is 15.0 Å². The van der Waals surface area contributed by atoms with Gasteiger partial charge in [0.1, 0.15) is 18.2 Å². The van der Waals surface area contributed by atoms with E-state index in [4.69, 9.17) is 25.5 Å². The molecule has 0 atom stereocenters. The maximum Gasteiger partial charge on any atom is 0.522 e. The number of piperidine rings is 1. The fourth-order valence-electron chi connectivity index (χ4n) is 3.78. The van der Waals surface area contributed by atoms with Gasteiger partial charge in [0.15, 0.2) is 6.61 Å². The van der Waals surface area contributed by atoms with Gasteiger partial charge in [0.2, 0.25) is 11.8 Å². The van der Waals surface area contributed by atoms with Gasteiger partial charge in [0, 0.05) is 37.9 Å². The number of ether oxygens (including phenoxy) is 3. The molecule has 35 heavy (non-hydrogen) atoms. The smallest absolute Gasteiger partial charge is 0.484 e. The monoisotopic (exact) mass is 522 g/mol. The highest BCUT2D eigenvalue weighted by atomic mass is 35.5. The Hall–Kier alpha value is -2.48. The maximum atomic E-state index is 13.4. The lowest BCUT2D eigenvalue weighted by atomic mass is 9.92. The van der Waals surface area contributed by atoms with Crippen molar-refractivity contribution in [3.8, 4) is 5.75 Å². The van der Waals surface area contributed by atoms with Crippen molar-refractivity contribution in [3.63, 3.8) is 0 Å². The van der Waals surface area contributed by atoms with E-state index in [1.54, 1.807) is 5.01 Å². The highest BCUT2D eigenvalue weighted by molar-refractivity contribution is 6.30. The Balaban J connectivity index is 1.13. The molecular weight excluding hydrogens is 500 g/mol. The molecule has 1 saturated heterocycles. The molecule has 1 amide bonds. The predicted molar refractivity (Wildman–Crippen MR) is 112 cm³/mol. The minimum atomic E-state index is -4.64. The topological polar surface area (TPSA) is 99.0 Å². The van der Waals surface area contributed by atoms with E-state index in [9.17, 15) is 22.4 Å². The van der Waals surface area contributed by atoms with Crippen LogP contribution in [0.4, 0.5) is 17.6 Å². The summed E-state index contributed by atoms with van der Waals surface area (Å²) in [7, 11) is 0. The zero-order valence-corrected chi connectivity index (χ0v) is 19.1. The second-order valence-electron chi connectivity index (χ2n) is 8.28. The average Bonchev–Trinajstić information content (AvgIpc) is 3.25. The van der Waals surface area contributed by atoms with Crippen LogP contribution in [-0.2, 0) is 20.9 Å². The molecule has 0 spiro atoms. The number of halogens is 5. The van der Waals surface area contributed by atoms with Gasteiger partial charge < -0.3 is 13.9 Å². The lowest BCUT2D eigenvalue weighted by Crippen LogP contribution is -2.47. The lowest BCUT2D eigenvalue weighted by molar-refractivity contribution is -0.357. The molecule has 1 aliphatic heterocycles. The van der Waals surface area contributed by atoms with Crippen molar-refractivity contribution in [1.82, 2.24) is 20.6 Å². The number of benzene rings is 1. The SMILES string of the molecule is O=C(COc1ccc(Cl)c(F)c1)NN1CCC(c2nnc(COC3CC(OC(F)(F)F)C3)o2)CC1. The van der Waals surface area contributed by atoms with Crippen LogP contribution in [0, 0.1) is 5.82 Å². The molecule has 2 heterocycles. The van der Waals surface area contributed by atoms with Gasteiger partial charge in [-0.25, -0.2) is 9.40 Å². The van der Waals surface area contributed by atoms with Crippen molar-refractivity contribution in [2.45, 2.75) is 56.8 Å². The first-order valence-electron chi connectivity index (χ1n) is 11.0. The first kappa shape index (κ1) is 25.6. The van der Waals surface area contributed by atoms with Crippen LogP contribution >= 0.6 is 11.6 Å².